The number of piperidine rings is 1. The zero-order chi connectivity index (χ0) is 33.8. The molecule has 2 aliphatic rings. The van der Waals surface area contributed by atoms with Gasteiger partial charge in [-0.2, -0.15) is 22.6 Å². The van der Waals surface area contributed by atoms with Crippen LogP contribution in [0.5, 0.6) is 0 Å². The molecule has 254 valence electrons. The molecule has 0 saturated carbocycles. The summed E-state index contributed by atoms with van der Waals surface area (Å²) in [5.74, 6) is 0. The molecule has 1 atom stereocenters. The van der Waals surface area contributed by atoms with E-state index in [1.807, 2.05) is 41.8 Å². The zero-order valence-corrected chi connectivity index (χ0v) is 27.7. The summed E-state index contributed by atoms with van der Waals surface area (Å²) in [5, 5.41) is 15.9. The molecule has 0 spiro atoms. The molecule has 1 saturated heterocycles. The van der Waals surface area contributed by atoms with Crippen LogP contribution in [0, 0.1) is 0 Å². The Morgan fingerprint density at radius 2 is 1.70 bits per heavy atom. The number of benzene rings is 2. The standard InChI is InChI=1S/C32H40F3N7O4S/c1-37(2)24-9-10-28-29(17-24)42(31(44)38(28)3)23-11-14-39(15-12-23)18-25(43)19-41-27-13-16-40(47(4,45)46)20-26(27)30(36-41)21-5-7-22(8-6-21)32(33,34)35/h5-10,17,23,25,43H,11-16,18-20H2,1-4H3/t25-/m0/s1. The first kappa shape index (κ1) is 33.2. The van der Waals surface area contributed by atoms with Crippen LogP contribution in [0.1, 0.15) is 35.7 Å². The number of hydrogen-bond acceptors (Lipinski definition) is 7. The van der Waals surface area contributed by atoms with Crippen molar-refractivity contribution < 1.29 is 26.7 Å². The van der Waals surface area contributed by atoms with Gasteiger partial charge < -0.3 is 14.9 Å². The molecule has 2 aromatic carbocycles. The number of aryl methyl sites for hydroxylation is 1. The summed E-state index contributed by atoms with van der Waals surface area (Å²) in [4.78, 5) is 17.4. The molecule has 11 nitrogen and oxygen atoms in total. The van der Waals surface area contributed by atoms with E-state index in [4.69, 9.17) is 5.10 Å². The average molecular weight is 676 g/mol. The molecule has 0 radical (unpaired) electrons. The Bertz CT molecular complexity index is 1940. The van der Waals surface area contributed by atoms with E-state index in [9.17, 15) is 31.5 Å². The number of alkyl halides is 3. The highest BCUT2D eigenvalue weighted by molar-refractivity contribution is 7.88. The summed E-state index contributed by atoms with van der Waals surface area (Å²) in [6.45, 7) is 2.21. The Morgan fingerprint density at radius 3 is 2.32 bits per heavy atom. The molecule has 0 aliphatic carbocycles. The molecule has 15 heteroatoms. The number of fused-ring (bicyclic) bond motifs is 2. The first-order valence-electron chi connectivity index (χ1n) is 15.6. The van der Waals surface area contributed by atoms with E-state index >= 15 is 0 Å². The van der Waals surface area contributed by atoms with Crippen LogP contribution in [0.4, 0.5) is 18.9 Å². The Labute approximate surface area is 271 Å². The van der Waals surface area contributed by atoms with Crippen LogP contribution in [-0.2, 0) is 42.8 Å². The van der Waals surface area contributed by atoms with Crippen molar-refractivity contribution in [3.63, 3.8) is 0 Å². The number of rotatable bonds is 8. The summed E-state index contributed by atoms with van der Waals surface area (Å²) in [7, 11) is 2.22. The summed E-state index contributed by atoms with van der Waals surface area (Å²) in [6.07, 6.45) is -2.30. The number of imidazole rings is 1. The topological polar surface area (TPSA) is 109 Å². The van der Waals surface area contributed by atoms with Gasteiger partial charge in [0, 0.05) is 88.8 Å². The van der Waals surface area contributed by atoms with Gasteiger partial charge in [-0.15, -0.1) is 0 Å². The normalized spacial score (nSPS) is 17.7. The second kappa shape index (κ2) is 12.4. The predicted octanol–water partition coefficient (Wildman–Crippen LogP) is 3.30. The third kappa shape index (κ3) is 6.58. The minimum Gasteiger partial charge on any atom is -0.390 e. The van der Waals surface area contributed by atoms with Gasteiger partial charge in [0.1, 0.15) is 0 Å². The van der Waals surface area contributed by atoms with Gasteiger partial charge in [-0.3, -0.25) is 13.8 Å². The highest BCUT2D eigenvalue weighted by atomic mass is 32.2. The van der Waals surface area contributed by atoms with E-state index in [2.05, 4.69) is 4.90 Å². The SMILES string of the molecule is CN(C)c1ccc2c(c1)n(C1CCN(C[C@H](O)Cn3nc(-c4ccc(C(F)(F)F)cc4)c4c3CCN(S(C)(=O)=O)C4)CC1)c(=O)n2C. The molecule has 1 N–H and O–H groups in total. The third-order valence-electron chi connectivity index (χ3n) is 9.42. The fourth-order valence-electron chi connectivity index (χ4n) is 6.85. The number of β-amino-alcohol motifs (C(OH)–C–C–N with tert-alkyl or cyclic N) is 1. The smallest absolute Gasteiger partial charge is 0.390 e. The van der Waals surface area contributed by atoms with Gasteiger partial charge in [-0.25, -0.2) is 13.2 Å². The van der Waals surface area contributed by atoms with Gasteiger partial charge in [-0.1, -0.05) is 12.1 Å². The molecule has 2 aliphatic heterocycles. The van der Waals surface area contributed by atoms with Gasteiger partial charge in [0.05, 0.1) is 41.2 Å². The number of nitrogens with zero attached hydrogens (tertiary/aromatic N) is 7. The maximum absolute atomic E-state index is 13.3. The van der Waals surface area contributed by atoms with Gasteiger partial charge in [0.15, 0.2) is 0 Å². The van der Waals surface area contributed by atoms with Gasteiger partial charge in [0.2, 0.25) is 10.0 Å². The quantitative estimate of drug-likeness (QED) is 0.306. The summed E-state index contributed by atoms with van der Waals surface area (Å²) in [5.41, 5.74) is 4.24. The van der Waals surface area contributed by atoms with Crippen molar-refractivity contribution >= 4 is 26.7 Å². The van der Waals surface area contributed by atoms with Crippen LogP contribution in [0.25, 0.3) is 22.3 Å². The number of likely N-dealkylation sites (tertiary alicyclic amines) is 1. The van der Waals surface area contributed by atoms with Crippen molar-refractivity contribution in [1.29, 1.82) is 0 Å². The molecule has 0 bridgehead atoms. The van der Waals surface area contributed by atoms with Crippen LogP contribution in [0.3, 0.4) is 0 Å². The number of hydrogen-bond donors (Lipinski definition) is 1. The minimum atomic E-state index is -4.48. The van der Waals surface area contributed by atoms with Crippen LogP contribution in [0.2, 0.25) is 0 Å². The highest BCUT2D eigenvalue weighted by Crippen LogP contribution is 2.35. The van der Waals surface area contributed by atoms with Crippen molar-refractivity contribution in [2.75, 3.05) is 51.4 Å². The first-order chi connectivity index (χ1) is 22.1. The Kier molecular flexibility index (Phi) is 8.78. The van der Waals surface area contributed by atoms with Crippen LogP contribution in [0.15, 0.2) is 47.3 Å². The summed E-state index contributed by atoms with van der Waals surface area (Å²) in [6, 6.07) is 10.7. The molecule has 1 fully saturated rings. The largest absolute Gasteiger partial charge is 0.416 e. The van der Waals surface area contributed by atoms with E-state index in [0.29, 0.717) is 42.9 Å². The maximum atomic E-state index is 13.3. The number of aliphatic hydroxyl groups excluding tert-OH is 1. The molecule has 0 unspecified atom stereocenters. The van der Waals surface area contributed by atoms with E-state index in [1.54, 1.807) is 16.3 Å². The summed E-state index contributed by atoms with van der Waals surface area (Å²) >= 11 is 0. The second-order valence-electron chi connectivity index (χ2n) is 12.8. The number of aromatic nitrogens is 4. The summed E-state index contributed by atoms with van der Waals surface area (Å²) < 4.78 is 70.9. The van der Waals surface area contributed by atoms with Gasteiger partial charge in [-0.05, 0) is 43.2 Å². The minimum absolute atomic E-state index is 0.0271. The number of aliphatic hydroxyl groups is 1. The van der Waals surface area contributed by atoms with Crippen molar-refractivity contribution in [3.8, 4) is 11.3 Å². The maximum Gasteiger partial charge on any atom is 0.416 e. The Morgan fingerprint density at radius 1 is 1.02 bits per heavy atom. The fraction of sp³-hybridized carbons (Fsp3) is 0.500. The van der Waals surface area contributed by atoms with E-state index in [-0.39, 0.29) is 31.4 Å². The van der Waals surface area contributed by atoms with Crippen LogP contribution < -0.4 is 10.6 Å². The highest BCUT2D eigenvalue weighted by Gasteiger charge is 2.33. The predicted molar refractivity (Wildman–Crippen MR) is 174 cm³/mol. The lowest BCUT2D eigenvalue weighted by Gasteiger charge is -2.33. The average Bonchev–Trinajstić information content (AvgIpc) is 3.50. The van der Waals surface area contributed by atoms with E-state index < -0.39 is 27.9 Å². The number of halogens is 3. The zero-order valence-electron chi connectivity index (χ0n) is 26.9. The van der Waals surface area contributed by atoms with Crippen molar-refractivity contribution in [2.24, 2.45) is 7.05 Å². The second-order valence-corrected chi connectivity index (χ2v) is 14.8. The van der Waals surface area contributed by atoms with Crippen LogP contribution in [-0.4, -0.2) is 94.3 Å². The molecule has 0 amide bonds. The fourth-order valence-corrected chi connectivity index (χ4v) is 7.64. The molecule has 6 rings (SSSR count). The van der Waals surface area contributed by atoms with Crippen LogP contribution >= 0.6 is 0 Å². The van der Waals surface area contributed by atoms with Crippen molar-refractivity contribution in [1.82, 2.24) is 28.1 Å². The lowest BCUT2D eigenvalue weighted by Crippen LogP contribution is -2.42. The first-order valence-corrected chi connectivity index (χ1v) is 17.5. The molecule has 4 aromatic rings. The van der Waals surface area contributed by atoms with Gasteiger partial charge >= 0.3 is 11.9 Å². The Balaban J connectivity index is 1.17. The van der Waals surface area contributed by atoms with E-state index in [0.717, 1.165) is 53.6 Å². The third-order valence-corrected chi connectivity index (χ3v) is 10.7. The molecule has 4 heterocycles. The van der Waals surface area contributed by atoms with E-state index in [1.165, 1.54) is 16.4 Å². The van der Waals surface area contributed by atoms with Crippen molar-refractivity contribution in [2.45, 2.75) is 50.7 Å². The Hall–Kier alpha value is -3.66. The van der Waals surface area contributed by atoms with Gasteiger partial charge in [0.25, 0.3) is 0 Å². The molecule has 47 heavy (non-hydrogen) atoms. The number of sulfonamides is 1. The molecular weight excluding hydrogens is 635 g/mol. The lowest BCUT2D eigenvalue weighted by molar-refractivity contribution is -0.137. The van der Waals surface area contributed by atoms with Crippen molar-refractivity contribution in [3.05, 3.63) is 69.8 Å². The lowest BCUT2D eigenvalue weighted by atomic mass is 10.0. The molecular formula is C32H40F3N7O4S. The molecule has 2 aromatic heterocycles. The monoisotopic (exact) mass is 675 g/mol. The number of anilines is 1.